The minimum Gasteiger partial charge on any atom is -0.367 e. The third-order valence-corrected chi connectivity index (χ3v) is 9.85. The van der Waals surface area contributed by atoms with Gasteiger partial charge in [-0.2, -0.15) is 4.31 Å². The van der Waals surface area contributed by atoms with Crippen molar-refractivity contribution < 1.29 is 13.2 Å². The van der Waals surface area contributed by atoms with E-state index in [1.54, 1.807) is 24.5 Å². The van der Waals surface area contributed by atoms with Crippen LogP contribution in [0.15, 0.2) is 84.0 Å². The van der Waals surface area contributed by atoms with Crippen LogP contribution in [0.1, 0.15) is 18.5 Å². The van der Waals surface area contributed by atoms with Crippen LogP contribution in [0, 0.1) is 12.8 Å². The number of anilines is 1. The number of aryl methyl sites for hydroxylation is 1. The predicted molar refractivity (Wildman–Crippen MR) is 156 cm³/mol. The van der Waals surface area contributed by atoms with Crippen LogP contribution in [0.3, 0.4) is 0 Å². The number of fused-ring (bicyclic) bond motifs is 1. The van der Waals surface area contributed by atoms with Crippen molar-refractivity contribution in [3.63, 3.8) is 0 Å². The number of aromatic nitrogens is 2. The number of sulfonamides is 1. The maximum atomic E-state index is 13.5. The molecule has 2 fully saturated rings. The van der Waals surface area contributed by atoms with Gasteiger partial charge in [0.1, 0.15) is 0 Å². The van der Waals surface area contributed by atoms with E-state index in [2.05, 4.69) is 27.0 Å². The van der Waals surface area contributed by atoms with Crippen LogP contribution in [0.5, 0.6) is 0 Å². The van der Waals surface area contributed by atoms with E-state index in [1.807, 2.05) is 54.3 Å². The lowest BCUT2D eigenvalue weighted by atomic mass is 9.97. The number of benzene rings is 2. The first-order valence-electron chi connectivity index (χ1n) is 13.8. The Bertz CT molecular complexity index is 1620. The Morgan fingerprint density at radius 2 is 1.68 bits per heavy atom. The van der Waals surface area contributed by atoms with E-state index in [0.717, 1.165) is 46.5 Å². The Balaban J connectivity index is 1.11. The standard InChI is InChI=1S/C31H33N5O3S/c1-23-20-30(28-8-2-3-9-29(28)33-23)34-16-18-35(19-17-34)31(37)26-7-5-15-36(22-26)40(38,39)27-12-10-24(11-13-27)25-6-4-14-32-21-25/h2-4,6,8-14,20-21,26H,5,7,15-19,22H2,1H3. The van der Waals surface area contributed by atoms with E-state index in [1.165, 1.54) is 4.31 Å². The summed E-state index contributed by atoms with van der Waals surface area (Å²) in [5.41, 5.74) is 4.95. The number of piperidine rings is 1. The summed E-state index contributed by atoms with van der Waals surface area (Å²) >= 11 is 0. The lowest BCUT2D eigenvalue weighted by molar-refractivity contribution is -0.137. The molecule has 0 N–H and O–H groups in total. The Hall–Kier alpha value is -3.82. The molecule has 2 saturated heterocycles. The van der Waals surface area contributed by atoms with Crippen molar-refractivity contribution in [2.75, 3.05) is 44.2 Å². The van der Waals surface area contributed by atoms with Gasteiger partial charge in [0.15, 0.2) is 0 Å². The minimum atomic E-state index is -3.70. The fraction of sp³-hybridized carbons (Fsp3) is 0.323. The van der Waals surface area contributed by atoms with Gasteiger partial charge in [0.25, 0.3) is 0 Å². The smallest absolute Gasteiger partial charge is 0.243 e. The van der Waals surface area contributed by atoms with Crippen LogP contribution in [0.2, 0.25) is 0 Å². The van der Waals surface area contributed by atoms with Crippen molar-refractivity contribution in [2.24, 2.45) is 5.92 Å². The van der Waals surface area contributed by atoms with E-state index in [-0.39, 0.29) is 23.3 Å². The van der Waals surface area contributed by atoms with Crippen molar-refractivity contribution in [3.05, 3.63) is 84.8 Å². The summed E-state index contributed by atoms with van der Waals surface area (Å²) in [6.45, 7) is 5.36. The molecule has 2 aromatic carbocycles. The lowest BCUT2D eigenvalue weighted by Crippen LogP contribution is -2.53. The van der Waals surface area contributed by atoms with Crippen LogP contribution in [-0.4, -0.2) is 72.8 Å². The zero-order chi connectivity index (χ0) is 27.7. The molecule has 0 bridgehead atoms. The van der Waals surface area contributed by atoms with Gasteiger partial charge in [-0.25, -0.2) is 8.42 Å². The van der Waals surface area contributed by atoms with Crippen LogP contribution >= 0.6 is 0 Å². The monoisotopic (exact) mass is 555 g/mol. The summed E-state index contributed by atoms with van der Waals surface area (Å²) < 4.78 is 28.5. The van der Waals surface area contributed by atoms with Gasteiger partial charge in [-0.05, 0) is 61.2 Å². The van der Waals surface area contributed by atoms with E-state index in [9.17, 15) is 13.2 Å². The highest BCUT2D eigenvalue weighted by Gasteiger charge is 2.36. The van der Waals surface area contributed by atoms with Gasteiger partial charge >= 0.3 is 0 Å². The summed E-state index contributed by atoms with van der Waals surface area (Å²) in [5, 5.41) is 1.12. The number of nitrogens with zero attached hydrogens (tertiary/aromatic N) is 5. The average Bonchev–Trinajstić information content (AvgIpc) is 3.01. The number of amides is 1. The summed E-state index contributed by atoms with van der Waals surface area (Å²) in [5.74, 6) is -0.268. The van der Waals surface area contributed by atoms with Gasteiger partial charge in [0.2, 0.25) is 15.9 Å². The summed E-state index contributed by atoms with van der Waals surface area (Å²) in [6.07, 6.45) is 4.84. The van der Waals surface area contributed by atoms with Gasteiger partial charge in [-0.15, -0.1) is 0 Å². The van der Waals surface area contributed by atoms with Gasteiger partial charge in [0.05, 0.1) is 16.3 Å². The van der Waals surface area contributed by atoms with E-state index in [4.69, 9.17) is 0 Å². The topological polar surface area (TPSA) is 86.7 Å². The third kappa shape index (κ3) is 5.19. The van der Waals surface area contributed by atoms with Crippen molar-refractivity contribution in [3.8, 4) is 11.1 Å². The first-order chi connectivity index (χ1) is 19.4. The molecule has 1 atom stereocenters. The van der Waals surface area contributed by atoms with Crippen molar-refractivity contribution in [2.45, 2.75) is 24.7 Å². The summed E-state index contributed by atoms with van der Waals surface area (Å²) in [7, 11) is -3.70. The maximum Gasteiger partial charge on any atom is 0.243 e. The van der Waals surface area contributed by atoms with Crippen LogP contribution in [0.4, 0.5) is 5.69 Å². The number of hydrogen-bond donors (Lipinski definition) is 0. The van der Waals surface area contributed by atoms with Gasteiger partial charge in [0, 0.05) is 68.4 Å². The van der Waals surface area contributed by atoms with Crippen LogP contribution in [0.25, 0.3) is 22.0 Å². The molecular formula is C31H33N5O3S. The molecule has 4 heterocycles. The largest absolute Gasteiger partial charge is 0.367 e. The number of rotatable bonds is 5. The number of carbonyl (C=O) groups excluding carboxylic acids is 1. The number of hydrogen-bond acceptors (Lipinski definition) is 6. The van der Waals surface area contributed by atoms with Crippen LogP contribution < -0.4 is 4.90 Å². The number of carbonyl (C=O) groups is 1. The van der Waals surface area contributed by atoms with Crippen molar-refractivity contribution in [1.82, 2.24) is 19.2 Å². The second-order valence-electron chi connectivity index (χ2n) is 10.6. The molecule has 9 heteroatoms. The Morgan fingerprint density at radius 1 is 0.900 bits per heavy atom. The summed E-state index contributed by atoms with van der Waals surface area (Å²) in [4.78, 5) is 26.8. The Labute approximate surface area is 235 Å². The highest BCUT2D eigenvalue weighted by molar-refractivity contribution is 7.89. The molecule has 0 spiro atoms. The molecule has 8 nitrogen and oxygen atoms in total. The first-order valence-corrected chi connectivity index (χ1v) is 15.2. The molecule has 1 unspecified atom stereocenters. The number of pyridine rings is 2. The number of piperazine rings is 1. The minimum absolute atomic E-state index is 0.0576. The molecule has 4 aromatic rings. The highest BCUT2D eigenvalue weighted by Crippen LogP contribution is 2.30. The molecule has 0 radical (unpaired) electrons. The Kier molecular flexibility index (Phi) is 7.25. The molecular weight excluding hydrogens is 522 g/mol. The Morgan fingerprint density at radius 3 is 2.42 bits per heavy atom. The second-order valence-corrected chi connectivity index (χ2v) is 12.5. The SMILES string of the molecule is Cc1cc(N2CCN(C(=O)C3CCCN(S(=O)(=O)c4ccc(-c5cccnc5)cc4)C3)CC2)c2ccccc2n1. The quantitative estimate of drug-likeness (QED) is 0.364. The van der Waals surface area contributed by atoms with Gasteiger partial charge in [-0.3, -0.25) is 14.8 Å². The van der Waals surface area contributed by atoms with Gasteiger partial charge in [-0.1, -0.05) is 36.4 Å². The first kappa shape index (κ1) is 26.4. The molecule has 0 aliphatic carbocycles. The highest BCUT2D eigenvalue weighted by atomic mass is 32.2. The summed E-state index contributed by atoms with van der Waals surface area (Å²) in [6, 6.07) is 21.0. The molecule has 0 saturated carbocycles. The molecule has 2 aromatic heterocycles. The van der Waals surface area contributed by atoms with E-state index >= 15 is 0 Å². The van der Waals surface area contributed by atoms with Crippen LogP contribution in [-0.2, 0) is 14.8 Å². The van der Waals surface area contributed by atoms with Crippen molar-refractivity contribution >= 4 is 32.5 Å². The predicted octanol–water partition coefficient (Wildman–Crippen LogP) is 4.35. The molecule has 6 rings (SSSR count). The normalized spacial score (nSPS) is 18.7. The maximum absolute atomic E-state index is 13.5. The molecule has 40 heavy (non-hydrogen) atoms. The lowest BCUT2D eigenvalue weighted by Gasteiger charge is -2.39. The molecule has 2 aliphatic heterocycles. The van der Waals surface area contributed by atoms with E-state index in [0.29, 0.717) is 32.5 Å². The fourth-order valence-corrected chi connectivity index (χ4v) is 7.36. The molecule has 1 amide bonds. The van der Waals surface area contributed by atoms with Crippen molar-refractivity contribution in [1.29, 1.82) is 0 Å². The number of para-hydroxylation sites is 1. The second kappa shape index (κ2) is 11.0. The molecule has 206 valence electrons. The molecule has 2 aliphatic rings. The average molecular weight is 556 g/mol. The van der Waals surface area contributed by atoms with Gasteiger partial charge < -0.3 is 9.80 Å². The zero-order valence-corrected chi connectivity index (χ0v) is 23.4. The fourth-order valence-electron chi connectivity index (χ4n) is 5.84. The third-order valence-electron chi connectivity index (χ3n) is 7.97. The zero-order valence-electron chi connectivity index (χ0n) is 22.6. The van der Waals surface area contributed by atoms with E-state index < -0.39 is 10.0 Å².